The molecule has 3 N–H and O–H groups in total. The van der Waals surface area contributed by atoms with Crippen LogP contribution >= 0.6 is 15.9 Å². The van der Waals surface area contributed by atoms with Crippen molar-refractivity contribution in [3.05, 3.63) is 22.4 Å². The summed E-state index contributed by atoms with van der Waals surface area (Å²) in [6.45, 7) is 4.23. The van der Waals surface area contributed by atoms with Gasteiger partial charge in [0.25, 0.3) is 0 Å². The van der Waals surface area contributed by atoms with Crippen LogP contribution in [0.3, 0.4) is 0 Å². The molecule has 1 aliphatic rings. The molecule has 0 bridgehead atoms. The molecule has 118 valence electrons. The molecule has 7 heteroatoms. The Morgan fingerprint density at radius 1 is 1.33 bits per heavy atom. The van der Waals surface area contributed by atoms with Crippen LogP contribution in [0.2, 0.25) is 0 Å². The lowest BCUT2D eigenvalue weighted by Crippen LogP contribution is -2.42. The number of rotatable bonds is 3. The number of anilines is 1. The molecule has 0 aromatic heterocycles. The summed E-state index contributed by atoms with van der Waals surface area (Å²) < 4.78 is 41.2. The highest BCUT2D eigenvalue weighted by molar-refractivity contribution is 9.10. The van der Waals surface area contributed by atoms with Crippen molar-refractivity contribution in [1.29, 1.82) is 0 Å². The third-order valence-electron chi connectivity index (χ3n) is 4.08. The van der Waals surface area contributed by atoms with Crippen molar-refractivity contribution in [3.63, 3.8) is 0 Å². The fourth-order valence-electron chi connectivity index (χ4n) is 2.85. The van der Waals surface area contributed by atoms with Gasteiger partial charge in [0, 0.05) is 10.5 Å². The number of sulfonamides is 1. The summed E-state index contributed by atoms with van der Waals surface area (Å²) in [6.07, 6.45) is 2.82. The summed E-state index contributed by atoms with van der Waals surface area (Å²) in [6, 6.07) is 2.14. The maximum atomic E-state index is 13.3. The van der Waals surface area contributed by atoms with Crippen LogP contribution in [0, 0.1) is 17.7 Å². The molecular weight excluding hydrogens is 359 g/mol. The highest BCUT2D eigenvalue weighted by Crippen LogP contribution is 2.31. The Balaban J connectivity index is 2.25. The SMILES string of the molecule is CC1CCC(NS(=O)(=O)c2cc(N)c(F)cc2Br)C(C)C1. The van der Waals surface area contributed by atoms with Gasteiger partial charge in [-0.3, -0.25) is 0 Å². The molecule has 2 rings (SSSR count). The summed E-state index contributed by atoms with van der Waals surface area (Å²) in [4.78, 5) is -0.0211. The van der Waals surface area contributed by atoms with E-state index in [0.717, 1.165) is 31.4 Å². The molecule has 3 atom stereocenters. The van der Waals surface area contributed by atoms with Gasteiger partial charge >= 0.3 is 0 Å². The van der Waals surface area contributed by atoms with Crippen molar-refractivity contribution in [2.24, 2.45) is 11.8 Å². The van der Waals surface area contributed by atoms with E-state index < -0.39 is 15.8 Å². The predicted octanol–water partition coefficient (Wildman–Crippen LogP) is 3.27. The molecular formula is C14H20BrFN2O2S. The number of benzene rings is 1. The Hall–Kier alpha value is -0.660. The number of nitrogens with two attached hydrogens (primary N) is 1. The number of hydrogen-bond acceptors (Lipinski definition) is 3. The van der Waals surface area contributed by atoms with E-state index in [0.29, 0.717) is 5.92 Å². The van der Waals surface area contributed by atoms with Gasteiger partial charge in [0.15, 0.2) is 0 Å². The highest BCUT2D eigenvalue weighted by Gasteiger charge is 2.30. The zero-order valence-electron chi connectivity index (χ0n) is 12.1. The van der Waals surface area contributed by atoms with E-state index in [4.69, 9.17) is 5.73 Å². The van der Waals surface area contributed by atoms with Crippen LogP contribution in [0.4, 0.5) is 10.1 Å². The lowest BCUT2D eigenvalue weighted by atomic mass is 9.80. The Kier molecular flexibility index (Phi) is 4.95. The normalized spacial score (nSPS) is 26.8. The Bertz CT molecular complexity index is 636. The predicted molar refractivity (Wildman–Crippen MR) is 84.8 cm³/mol. The minimum absolute atomic E-state index is 0.0211. The number of hydrogen-bond donors (Lipinski definition) is 2. The number of halogens is 2. The molecule has 0 spiro atoms. The molecule has 0 aliphatic heterocycles. The van der Waals surface area contributed by atoms with Gasteiger partial charge in [-0.15, -0.1) is 0 Å². The second-order valence-corrected chi connectivity index (χ2v) is 8.46. The third-order valence-corrected chi connectivity index (χ3v) is 6.53. The maximum absolute atomic E-state index is 13.3. The lowest BCUT2D eigenvalue weighted by Gasteiger charge is -2.33. The van der Waals surface area contributed by atoms with Crippen molar-refractivity contribution in [1.82, 2.24) is 4.72 Å². The highest BCUT2D eigenvalue weighted by atomic mass is 79.9. The van der Waals surface area contributed by atoms with Gasteiger partial charge in [-0.25, -0.2) is 17.5 Å². The average molecular weight is 379 g/mol. The van der Waals surface area contributed by atoms with Crippen molar-refractivity contribution < 1.29 is 12.8 Å². The molecule has 4 nitrogen and oxygen atoms in total. The molecule has 0 amide bonds. The Morgan fingerprint density at radius 3 is 2.62 bits per heavy atom. The molecule has 1 aromatic carbocycles. The fraction of sp³-hybridized carbons (Fsp3) is 0.571. The fourth-order valence-corrected chi connectivity index (χ4v) is 5.28. The molecule has 1 aromatic rings. The Morgan fingerprint density at radius 2 is 2.00 bits per heavy atom. The van der Waals surface area contributed by atoms with E-state index >= 15 is 0 Å². The van der Waals surface area contributed by atoms with Crippen LogP contribution in [0.15, 0.2) is 21.5 Å². The molecule has 21 heavy (non-hydrogen) atoms. The zero-order valence-corrected chi connectivity index (χ0v) is 14.5. The summed E-state index contributed by atoms with van der Waals surface area (Å²) in [5, 5.41) is 0. The summed E-state index contributed by atoms with van der Waals surface area (Å²) >= 11 is 3.09. The van der Waals surface area contributed by atoms with Crippen LogP contribution < -0.4 is 10.5 Å². The van der Waals surface area contributed by atoms with Gasteiger partial charge < -0.3 is 5.73 Å². The molecule has 1 aliphatic carbocycles. The minimum Gasteiger partial charge on any atom is -0.396 e. The number of nitrogens with one attached hydrogen (secondary N) is 1. The summed E-state index contributed by atoms with van der Waals surface area (Å²) in [5.74, 6) is 0.259. The zero-order chi connectivity index (χ0) is 15.8. The first-order chi connectivity index (χ1) is 9.70. The Labute approximate surface area is 133 Å². The summed E-state index contributed by atoms with van der Waals surface area (Å²) in [5.41, 5.74) is 5.30. The third kappa shape index (κ3) is 3.76. The summed E-state index contributed by atoms with van der Waals surface area (Å²) in [7, 11) is -3.72. The second kappa shape index (κ2) is 6.22. The van der Waals surface area contributed by atoms with E-state index in [1.165, 1.54) is 0 Å². The van der Waals surface area contributed by atoms with Gasteiger partial charge in [-0.1, -0.05) is 13.8 Å². The molecule has 1 fully saturated rings. The van der Waals surface area contributed by atoms with Crippen molar-refractivity contribution in [3.8, 4) is 0 Å². The minimum atomic E-state index is -3.72. The van der Waals surface area contributed by atoms with Crippen LogP contribution in [0.25, 0.3) is 0 Å². The largest absolute Gasteiger partial charge is 0.396 e. The average Bonchev–Trinajstić information content (AvgIpc) is 2.37. The smallest absolute Gasteiger partial charge is 0.242 e. The van der Waals surface area contributed by atoms with Crippen molar-refractivity contribution in [2.75, 3.05) is 5.73 Å². The van der Waals surface area contributed by atoms with Crippen molar-refractivity contribution >= 4 is 31.6 Å². The van der Waals surface area contributed by atoms with Crippen molar-refractivity contribution in [2.45, 2.75) is 44.0 Å². The van der Waals surface area contributed by atoms with Gasteiger partial charge in [0.2, 0.25) is 10.0 Å². The molecule has 0 heterocycles. The van der Waals surface area contributed by atoms with Crippen LogP contribution in [-0.2, 0) is 10.0 Å². The first-order valence-electron chi connectivity index (χ1n) is 6.97. The van der Waals surface area contributed by atoms with Crippen LogP contribution in [0.1, 0.15) is 33.1 Å². The topological polar surface area (TPSA) is 72.2 Å². The quantitative estimate of drug-likeness (QED) is 0.792. The maximum Gasteiger partial charge on any atom is 0.242 e. The van der Waals surface area contributed by atoms with E-state index in [-0.39, 0.29) is 27.0 Å². The van der Waals surface area contributed by atoms with Gasteiger partial charge in [-0.05, 0) is 59.2 Å². The first-order valence-corrected chi connectivity index (χ1v) is 9.25. The first kappa shape index (κ1) is 16.7. The van der Waals surface area contributed by atoms with E-state index in [2.05, 4.69) is 34.5 Å². The van der Waals surface area contributed by atoms with Gasteiger partial charge in [0.1, 0.15) is 5.82 Å². The van der Waals surface area contributed by atoms with E-state index in [1.54, 1.807) is 0 Å². The lowest BCUT2D eigenvalue weighted by molar-refractivity contribution is 0.249. The second-order valence-electron chi connectivity index (χ2n) is 5.93. The standard InChI is InChI=1S/C14H20BrFN2O2S/c1-8-3-4-13(9(2)5-8)18-21(19,20)14-7-12(17)11(16)6-10(14)15/h6-9,13,18H,3-5,17H2,1-2H3. The van der Waals surface area contributed by atoms with Gasteiger partial charge in [0.05, 0.1) is 10.6 Å². The van der Waals surface area contributed by atoms with E-state index in [1.807, 2.05) is 0 Å². The van der Waals surface area contributed by atoms with Crippen LogP contribution in [0.5, 0.6) is 0 Å². The molecule has 3 unspecified atom stereocenters. The molecule has 0 saturated heterocycles. The monoisotopic (exact) mass is 378 g/mol. The van der Waals surface area contributed by atoms with E-state index in [9.17, 15) is 12.8 Å². The van der Waals surface area contributed by atoms with Crippen LogP contribution in [-0.4, -0.2) is 14.5 Å². The van der Waals surface area contributed by atoms with Gasteiger partial charge in [-0.2, -0.15) is 0 Å². The molecule has 1 saturated carbocycles. The molecule has 0 radical (unpaired) electrons. The number of nitrogen functional groups attached to an aromatic ring is 1.